The quantitative estimate of drug-likeness (QED) is 0.277. The number of hydrogen-bond acceptors (Lipinski definition) is 7. The lowest BCUT2D eigenvalue weighted by molar-refractivity contribution is 0.292. The van der Waals surface area contributed by atoms with E-state index in [4.69, 9.17) is 5.11 Å². The van der Waals surface area contributed by atoms with Gasteiger partial charge in [0.05, 0.1) is 22.6 Å². The molecule has 3 N–H and O–H groups in total. The first kappa shape index (κ1) is 16.7. The molecule has 0 spiro atoms. The molecule has 134 valence electrons. The number of benzene rings is 1. The molecule has 9 nitrogen and oxygen atoms in total. The van der Waals surface area contributed by atoms with Gasteiger partial charge in [0.15, 0.2) is 0 Å². The summed E-state index contributed by atoms with van der Waals surface area (Å²) in [5.74, 6) is 0.189. The van der Waals surface area contributed by atoms with Crippen molar-refractivity contribution in [2.24, 2.45) is 0 Å². The van der Waals surface area contributed by atoms with Crippen LogP contribution in [0.15, 0.2) is 40.1 Å². The van der Waals surface area contributed by atoms with Crippen molar-refractivity contribution in [1.82, 2.24) is 19.4 Å². The molecule has 0 aliphatic heterocycles. The van der Waals surface area contributed by atoms with Crippen LogP contribution in [0.5, 0.6) is 0 Å². The van der Waals surface area contributed by atoms with E-state index < -0.39 is 5.43 Å². The van der Waals surface area contributed by atoms with Gasteiger partial charge in [0.2, 0.25) is 11.4 Å². The lowest BCUT2D eigenvalue weighted by Gasteiger charge is -2.10. The number of aromatic nitrogens is 4. The number of rotatable bonds is 4. The molecule has 3 aromatic heterocycles. The van der Waals surface area contributed by atoms with Crippen molar-refractivity contribution >= 4 is 33.5 Å². The number of nitrogens with one attached hydrogen (secondary N) is 2. The van der Waals surface area contributed by atoms with E-state index in [0.29, 0.717) is 23.9 Å². The van der Waals surface area contributed by atoms with Crippen molar-refractivity contribution in [1.29, 1.82) is 5.26 Å². The number of aromatic amines is 1. The summed E-state index contributed by atoms with van der Waals surface area (Å²) in [6.45, 7) is 0.433. The minimum absolute atomic E-state index is 0.00884. The molecule has 1 aromatic carbocycles. The number of aliphatic hydroxyl groups excluding tert-OH is 1. The van der Waals surface area contributed by atoms with Crippen LogP contribution >= 0.6 is 0 Å². The average Bonchev–Trinajstić information content (AvgIpc) is 2.69. The summed E-state index contributed by atoms with van der Waals surface area (Å²) in [7, 11) is 0. The molecule has 0 saturated heterocycles. The number of fused-ring (bicyclic) bond motifs is 4. The molecule has 0 aliphatic rings. The predicted molar refractivity (Wildman–Crippen MR) is 99.8 cm³/mol. The summed E-state index contributed by atoms with van der Waals surface area (Å²) >= 11 is 0. The smallest absolute Gasteiger partial charge is 0.266 e. The van der Waals surface area contributed by atoms with Gasteiger partial charge < -0.3 is 15.4 Å². The summed E-state index contributed by atoms with van der Waals surface area (Å²) in [5, 5.41) is 21.7. The standard InChI is InChI=1S/C18H14N6O3/c19-8-11-15(26)14-13(9-21-18(23-14)20-6-3-7-25)24-16(11)22-12-5-2-1-4-10(12)17(24)27/h1-2,4-5,9,22,25H,3,6-7H2,(H,20,21,23). The molecule has 0 aliphatic carbocycles. The lowest BCUT2D eigenvalue weighted by atomic mass is 10.2. The van der Waals surface area contributed by atoms with Gasteiger partial charge in [-0.15, -0.1) is 0 Å². The fourth-order valence-corrected chi connectivity index (χ4v) is 2.99. The monoisotopic (exact) mass is 362 g/mol. The molecule has 3 heterocycles. The van der Waals surface area contributed by atoms with Crippen LogP contribution in [0.3, 0.4) is 0 Å². The third-order valence-corrected chi connectivity index (χ3v) is 4.26. The number of para-hydroxylation sites is 1. The van der Waals surface area contributed by atoms with Crippen LogP contribution in [0.1, 0.15) is 12.0 Å². The molecule has 9 heteroatoms. The van der Waals surface area contributed by atoms with Gasteiger partial charge in [-0.3, -0.25) is 14.0 Å². The second-order valence-electron chi connectivity index (χ2n) is 5.91. The van der Waals surface area contributed by atoms with Gasteiger partial charge in [0, 0.05) is 13.2 Å². The molecular weight excluding hydrogens is 348 g/mol. The molecule has 0 unspecified atom stereocenters. The highest BCUT2D eigenvalue weighted by Crippen LogP contribution is 2.16. The van der Waals surface area contributed by atoms with Gasteiger partial charge in [0.1, 0.15) is 22.8 Å². The van der Waals surface area contributed by atoms with E-state index in [2.05, 4.69) is 20.3 Å². The SMILES string of the molecule is N#Cc1c(=O)c2nc(NCCCO)ncc2n2c(=O)c3ccccc3[nH]c12. The van der Waals surface area contributed by atoms with E-state index >= 15 is 0 Å². The van der Waals surface area contributed by atoms with E-state index in [0.717, 1.165) is 0 Å². The summed E-state index contributed by atoms with van der Waals surface area (Å²) in [4.78, 5) is 37.1. The number of pyridine rings is 1. The third-order valence-electron chi connectivity index (χ3n) is 4.26. The molecule has 4 aromatic rings. The molecule has 27 heavy (non-hydrogen) atoms. The van der Waals surface area contributed by atoms with Crippen molar-refractivity contribution in [3.05, 3.63) is 56.6 Å². The Bertz CT molecular complexity index is 1350. The second-order valence-corrected chi connectivity index (χ2v) is 5.91. The Kier molecular flexibility index (Phi) is 4.02. The zero-order chi connectivity index (χ0) is 19.0. The maximum absolute atomic E-state index is 13.0. The predicted octanol–water partition coefficient (Wildman–Crippen LogP) is 0.750. The number of anilines is 1. The van der Waals surface area contributed by atoms with Crippen LogP contribution in [0, 0.1) is 11.3 Å². The van der Waals surface area contributed by atoms with Crippen molar-refractivity contribution in [3.63, 3.8) is 0 Å². The Balaban J connectivity index is 2.11. The highest BCUT2D eigenvalue weighted by atomic mass is 16.3. The minimum atomic E-state index is -0.578. The molecule has 0 radical (unpaired) electrons. The van der Waals surface area contributed by atoms with Gasteiger partial charge in [-0.2, -0.15) is 5.26 Å². The third kappa shape index (κ3) is 2.59. The van der Waals surface area contributed by atoms with E-state index in [1.807, 2.05) is 6.07 Å². The molecule has 0 fully saturated rings. The number of nitrogens with zero attached hydrogens (tertiary/aromatic N) is 4. The highest BCUT2D eigenvalue weighted by Gasteiger charge is 2.18. The van der Waals surface area contributed by atoms with Crippen molar-refractivity contribution in [2.75, 3.05) is 18.5 Å². The largest absolute Gasteiger partial charge is 0.396 e. The zero-order valence-electron chi connectivity index (χ0n) is 14.1. The van der Waals surface area contributed by atoms with Crippen LogP contribution in [-0.2, 0) is 0 Å². The van der Waals surface area contributed by atoms with Crippen LogP contribution in [0.25, 0.3) is 27.6 Å². The fourth-order valence-electron chi connectivity index (χ4n) is 2.99. The number of H-pyrrole nitrogens is 1. The van der Waals surface area contributed by atoms with E-state index in [1.54, 1.807) is 24.3 Å². The van der Waals surface area contributed by atoms with Gasteiger partial charge in [0.25, 0.3) is 5.56 Å². The maximum atomic E-state index is 13.0. The Morgan fingerprint density at radius 3 is 2.89 bits per heavy atom. The molecule has 0 amide bonds. The van der Waals surface area contributed by atoms with Crippen molar-refractivity contribution in [2.45, 2.75) is 6.42 Å². The summed E-state index contributed by atoms with van der Waals surface area (Å²) in [6.07, 6.45) is 1.87. The summed E-state index contributed by atoms with van der Waals surface area (Å²) < 4.78 is 1.26. The van der Waals surface area contributed by atoms with Gasteiger partial charge >= 0.3 is 0 Å². The number of aliphatic hydroxyl groups is 1. The van der Waals surface area contributed by atoms with Crippen LogP contribution in [0.2, 0.25) is 0 Å². The van der Waals surface area contributed by atoms with Gasteiger partial charge in [-0.1, -0.05) is 12.1 Å². The second kappa shape index (κ2) is 6.51. The van der Waals surface area contributed by atoms with Gasteiger partial charge in [-0.25, -0.2) is 9.97 Å². The Morgan fingerprint density at radius 2 is 2.11 bits per heavy atom. The Labute approximate surface area is 151 Å². The Hall–Kier alpha value is -3.77. The topological polar surface area (TPSA) is 136 Å². The van der Waals surface area contributed by atoms with Gasteiger partial charge in [-0.05, 0) is 18.6 Å². The summed E-state index contributed by atoms with van der Waals surface area (Å²) in [5.41, 5.74) is -0.300. The average molecular weight is 362 g/mol. The number of nitriles is 1. The first-order valence-electron chi connectivity index (χ1n) is 8.27. The van der Waals surface area contributed by atoms with Crippen LogP contribution in [-0.4, -0.2) is 37.6 Å². The van der Waals surface area contributed by atoms with Crippen LogP contribution in [0.4, 0.5) is 5.95 Å². The minimum Gasteiger partial charge on any atom is -0.396 e. The molecule has 4 rings (SSSR count). The highest BCUT2D eigenvalue weighted by molar-refractivity contribution is 5.86. The van der Waals surface area contributed by atoms with E-state index in [1.165, 1.54) is 10.6 Å². The van der Waals surface area contributed by atoms with Crippen LogP contribution < -0.4 is 16.3 Å². The zero-order valence-corrected chi connectivity index (χ0v) is 14.1. The molecular formula is C18H14N6O3. The molecule has 0 saturated carbocycles. The lowest BCUT2D eigenvalue weighted by Crippen LogP contribution is -2.23. The van der Waals surface area contributed by atoms with E-state index in [9.17, 15) is 14.9 Å². The first-order valence-corrected chi connectivity index (χ1v) is 8.27. The Morgan fingerprint density at radius 1 is 1.30 bits per heavy atom. The maximum Gasteiger partial charge on any atom is 0.266 e. The normalized spacial score (nSPS) is 11.1. The van der Waals surface area contributed by atoms with E-state index in [-0.39, 0.29) is 40.4 Å². The van der Waals surface area contributed by atoms with Crippen molar-refractivity contribution in [3.8, 4) is 6.07 Å². The van der Waals surface area contributed by atoms with Crippen molar-refractivity contribution < 1.29 is 5.11 Å². The summed E-state index contributed by atoms with van der Waals surface area (Å²) in [6, 6.07) is 8.74. The molecule has 0 bridgehead atoms. The first-order chi connectivity index (χ1) is 13.2. The number of hydrogen-bond donors (Lipinski definition) is 3. The fraction of sp³-hybridized carbons (Fsp3) is 0.167. The molecule has 0 atom stereocenters.